The van der Waals surface area contributed by atoms with Crippen LogP contribution in [0, 0.1) is 0 Å². The normalized spacial score (nSPS) is 14.2. The Morgan fingerprint density at radius 2 is 2.28 bits per heavy atom. The van der Waals surface area contributed by atoms with Gasteiger partial charge in [-0.15, -0.1) is 0 Å². The van der Waals surface area contributed by atoms with E-state index in [0.717, 1.165) is 6.42 Å². The molecule has 7 heteroatoms. The van der Waals surface area contributed by atoms with E-state index in [4.69, 9.17) is 10.5 Å². The maximum absolute atomic E-state index is 11.0. The number of hydrogen-bond donors (Lipinski definition) is 2. The zero-order chi connectivity index (χ0) is 13.5. The van der Waals surface area contributed by atoms with Gasteiger partial charge in [-0.3, -0.25) is 4.21 Å². The highest BCUT2D eigenvalue weighted by Gasteiger charge is 2.07. The SMILES string of the molecule is COCc1nc(N)cc(NC(C)CCS(C)=O)n1. The molecular formula is C11H20N4O2S. The second kappa shape index (κ2) is 7.27. The number of ether oxygens (including phenoxy) is 1. The lowest BCUT2D eigenvalue weighted by molar-refractivity contribution is 0.178. The minimum Gasteiger partial charge on any atom is -0.384 e. The molecule has 0 spiro atoms. The summed E-state index contributed by atoms with van der Waals surface area (Å²) < 4.78 is 16.0. The lowest BCUT2D eigenvalue weighted by atomic mass is 10.2. The van der Waals surface area contributed by atoms with E-state index in [0.29, 0.717) is 29.8 Å². The van der Waals surface area contributed by atoms with Crippen LogP contribution in [0.2, 0.25) is 0 Å². The minimum atomic E-state index is -0.773. The van der Waals surface area contributed by atoms with E-state index in [1.807, 2.05) is 6.92 Å². The van der Waals surface area contributed by atoms with Gasteiger partial charge in [0.25, 0.3) is 0 Å². The first-order chi connectivity index (χ1) is 8.51. The van der Waals surface area contributed by atoms with Crippen LogP contribution in [-0.4, -0.2) is 39.3 Å². The maximum Gasteiger partial charge on any atom is 0.158 e. The van der Waals surface area contributed by atoms with Gasteiger partial charge in [0.15, 0.2) is 5.82 Å². The van der Waals surface area contributed by atoms with Crippen molar-refractivity contribution >= 4 is 22.4 Å². The molecule has 102 valence electrons. The van der Waals surface area contributed by atoms with Crippen molar-refractivity contribution in [2.45, 2.75) is 26.0 Å². The molecule has 1 rings (SSSR count). The molecule has 0 aliphatic heterocycles. The maximum atomic E-state index is 11.0. The standard InChI is InChI=1S/C11H20N4O2S/c1-8(4-5-18(3)16)13-10-6-9(12)14-11(15-10)7-17-2/h6,8H,4-5,7H2,1-3H3,(H3,12,13,14,15). The molecule has 0 aliphatic carbocycles. The second-order valence-corrected chi connectivity index (χ2v) is 5.69. The fourth-order valence-electron chi connectivity index (χ4n) is 1.45. The van der Waals surface area contributed by atoms with Crippen molar-refractivity contribution in [2.24, 2.45) is 0 Å². The molecule has 1 aromatic heterocycles. The predicted molar refractivity (Wildman–Crippen MR) is 73.8 cm³/mol. The van der Waals surface area contributed by atoms with Gasteiger partial charge in [-0.2, -0.15) is 0 Å². The lowest BCUT2D eigenvalue weighted by Gasteiger charge is -2.14. The number of nitrogens with zero attached hydrogens (tertiary/aromatic N) is 2. The average Bonchev–Trinajstić information content (AvgIpc) is 2.26. The molecule has 0 bridgehead atoms. The van der Waals surface area contributed by atoms with E-state index in [1.165, 1.54) is 0 Å². The van der Waals surface area contributed by atoms with E-state index < -0.39 is 10.8 Å². The van der Waals surface area contributed by atoms with Crippen LogP contribution in [0.3, 0.4) is 0 Å². The van der Waals surface area contributed by atoms with Crippen LogP contribution in [-0.2, 0) is 22.1 Å². The number of nitrogens with two attached hydrogens (primary N) is 1. The summed E-state index contributed by atoms with van der Waals surface area (Å²) in [6.45, 7) is 2.34. The first-order valence-electron chi connectivity index (χ1n) is 5.70. The number of nitrogens with one attached hydrogen (secondary N) is 1. The van der Waals surface area contributed by atoms with E-state index >= 15 is 0 Å². The van der Waals surface area contributed by atoms with Gasteiger partial charge in [0.05, 0.1) is 0 Å². The number of rotatable bonds is 7. The van der Waals surface area contributed by atoms with E-state index in [1.54, 1.807) is 19.4 Å². The molecule has 18 heavy (non-hydrogen) atoms. The summed E-state index contributed by atoms with van der Waals surface area (Å²) in [4.78, 5) is 8.35. The number of aromatic nitrogens is 2. The quantitative estimate of drug-likeness (QED) is 0.762. The molecule has 0 radical (unpaired) electrons. The molecule has 2 atom stereocenters. The smallest absolute Gasteiger partial charge is 0.158 e. The van der Waals surface area contributed by atoms with Gasteiger partial charge < -0.3 is 15.8 Å². The fraction of sp³-hybridized carbons (Fsp3) is 0.636. The van der Waals surface area contributed by atoms with E-state index in [-0.39, 0.29) is 6.04 Å². The van der Waals surface area contributed by atoms with Crippen molar-refractivity contribution in [3.05, 3.63) is 11.9 Å². The van der Waals surface area contributed by atoms with Gasteiger partial charge in [0, 0.05) is 42.0 Å². The van der Waals surface area contributed by atoms with Gasteiger partial charge in [-0.1, -0.05) is 0 Å². The molecule has 3 N–H and O–H groups in total. The molecule has 1 aromatic rings. The van der Waals surface area contributed by atoms with Crippen LogP contribution in [0.4, 0.5) is 11.6 Å². The van der Waals surface area contributed by atoms with Gasteiger partial charge in [0.2, 0.25) is 0 Å². The highest BCUT2D eigenvalue weighted by Crippen LogP contribution is 2.11. The molecular weight excluding hydrogens is 252 g/mol. The number of hydrogen-bond acceptors (Lipinski definition) is 6. The van der Waals surface area contributed by atoms with Crippen molar-refractivity contribution in [1.29, 1.82) is 0 Å². The fourth-order valence-corrected chi connectivity index (χ4v) is 2.14. The minimum absolute atomic E-state index is 0.179. The highest BCUT2D eigenvalue weighted by atomic mass is 32.2. The predicted octanol–water partition coefficient (Wildman–Crippen LogP) is 0.774. The number of anilines is 2. The Morgan fingerprint density at radius 3 is 2.89 bits per heavy atom. The average molecular weight is 272 g/mol. The van der Waals surface area contributed by atoms with Gasteiger partial charge in [-0.25, -0.2) is 9.97 Å². The van der Waals surface area contributed by atoms with Crippen molar-refractivity contribution in [1.82, 2.24) is 9.97 Å². The van der Waals surface area contributed by atoms with Crippen molar-refractivity contribution in [3.63, 3.8) is 0 Å². The van der Waals surface area contributed by atoms with Crippen LogP contribution in [0.15, 0.2) is 6.07 Å². The lowest BCUT2D eigenvalue weighted by Crippen LogP contribution is -2.19. The zero-order valence-electron chi connectivity index (χ0n) is 11.0. The molecule has 0 aromatic carbocycles. The summed E-state index contributed by atoms with van der Waals surface area (Å²) in [5.74, 6) is 2.29. The second-order valence-electron chi connectivity index (χ2n) is 4.14. The van der Waals surface area contributed by atoms with Crippen LogP contribution >= 0.6 is 0 Å². The van der Waals surface area contributed by atoms with Crippen LogP contribution in [0.5, 0.6) is 0 Å². The van der Waals surface area contributed by atoms with Gasteiger partial charge in [-0.05, 0) is 13.3 Å². The Morgan fingerprint density at radius 1 is 1.56 bits per heavy atom. The summed E-state index contributed by atoms with van der Waals surface area (Å²) in [5, 5.41) is 3.22. The summed E-state index contributed by atoms with van der Waals surface area (Å²) in [5.41, 5.74) is 5.69. The Balaban J connectivity index is 2.62. The number of methoxy groups -OCH3 is 1. The van der Waals surface area contributed by atoms with Crippen LogP contribution in [0.1, 0.15) is 19.2 Å². The third-order valence-corrected chi connectivity index (χ3v) is 3.11. The van der Waals surface area contributed by atoms with Gasteiger partial charge >= 0.3 is 0 Å². The Labute approximate surface area is 110 Å². The van der Waals surface area contributed by atoms with Crippen LogP contribution < -0.4 is 11.1 Å². The van der Waals surface area contributed by atoms with E-state index in [2.05, 4.69) is 15.3 Å². The molecule has 0 fully saturated rings. The largest absolute Gasteiger partial charge is 0.384 e. The van der Waals surface area contributed by atoms with E-state index in [9.17, 15) is 4.21 Å². The molecule has 0 aliphatic rings. The third-order valence-electron chi connectivity index (χ3n) is 2.30. The first kappa shape index (κ1) is 14.8. The van der Waals surface area contributed by atoms with Crippen molar-refractivity contribution in [2.75, 3.05) is 30.2 Å². The highest BCUT2D eigenvalue weighted by molar-refractivity contribution is 7.84. The summed E-state index contributed by atoms with van der Waals surface area (Å²) in [7, 11) is 0.809. The van der Waals surface area contributed by atoms with Crippen molar-refractivity contribution < 1.29 is 8.95 Å². The molecule has 0 saturated heterocycles. The number of nitrogen functional groups attached to an aromatic ring is 1. The summed E-state index contributed by atoms with van der Waals surface area (Å²) in [6.07, 6.45) is 2.51. The molecule has 0 saturated carbocycles. The third kappa shape index (κ3) is 5.42. The molecule has 2 unspecified atom stereocenters. The monoisotopic (exact) mass is 272 g/mol. The molecule has 0 amide bonds. The zero-order valence-corrected chi connectivity index (χ0v) is 11.8. The van der Waals surface area contributed by atoms with Crippen molar-refractivity contribution in [3.8, 4) is 0 Å². The Kier molecular flexibility index (Phi) is 6.00. The topological polar surface area (TPSA) is 90.1 Å². The Bertz CT molecular complexity index is 414. The first-order valence-corrected chi connectivity index (χ1v) is 7.43. The van der Waals surface area contributed by atoms with Gasteiger partial charge in [0.1, 0.15) is 18.2 Å². The summed E-state index contributed by atoms with van der Waals surface area (Å²) in [6, 6.07) is 1.86. The summed E-state index contributed by atoms with van der Waals surface area (Å²) >= 11 is 0. The molecule has 1 heterocycles. The molecule has 6 nitrogen and oxygen atoms in total. The van der Waals surface area contributed by atoms with Crippen LogP contribution in [0.25, 0.3) is 0 Å². The Hall–Kier alpha value is -1.21.